The number of rotatable bonds is 4. The van der Waals surface area contributed by atoms with Crippen molar-refractivity contribution in [2.24, 2.45) is 0 Å². The molecule has 5 heteroatoms. The van der Waals surface area contributed by atoms with Crippen molar-refractivity contribution in [3.63, 3.8) is 0 Å². The number of aromatic nitrogens is 1. The Morgan fingerprint density at radius 1 is 0.963 bits per heavy atom. The summed E-state index contributed by atoms with van der Waals surface area (Å²) in [6, 6.07) is 18.3. The van der Waals surface area contributed by atoms with E-state index in [9.17, 15) is 9.59 Å². The van der Waals surface area contributed by atoms with Crippen LogP contribution in [0, 0.1) is 13.8 Å². The lowest BCUT2D eigenvalue weighted by molar-refractivity contribution is 0.0993. The number of hydrogen-bond donors (Lipinski definition) is 1. The highest BCUT2D eigenvalue weighted by Gasteiger charge is 2.16. The molecule has 1 N–H and O–H groups in total. The lowest BCUT2D eigenvalue weighted by atomic mass is 10.1. The fourth-order valence-corrected chi connectivity index (χ4v) is 2.71. The summed E-state index contributed by atoms with van der Waals surface area (Å²) in [5.41, 5.74) is 4.13. The summed E-state index contributed by atoms with van der Waals surface area (Å²) >= 11 is 0. The highest BCUT2D eigenvalue weighted by atomic mass is 16.2. The molecule has 3 aromatic rings. The molecule has 0 bridgehead atoms. The van der Waals surface area contributed by atoms with E-state index in [0.29, 0.717) is 5.56 Å². The predicted octanol–water partition coefficient (Wildman–Crippen LogP) is 4.23. The minimum atomic E-state index is -0.347. The number of nitrogens with one attached hydrogen (secondary N) is 1. The third-order valence-corrected chi connectivity index (χ3v) is 4.33. The molecule has 136 valence electrons. The molecule has 0 saturated heterocycles. The second kappa shape index (κ2) is 7.83. The van der Waals surface area contributed by atoms with Crippen LogP contribution in [-0.2, 0) is 0 Å². The molecule has 0 radical (unpaired) electrons. The largest absolute Gasteiger partial charge is 0.320 e. The van der Waals surface area contributed by atoms with Crippen LogP contribution < -0.4 is 10.2 Å². The molecule has 1 heterocycles. The molecule has 0 aliphatic carbocycles. The molecule has 0 aliphatic rings. The number of benzene rings is 2. The zero-order valence-corrected chi connectivity index (χ0v) is 15.6. The van der Waals surface area contributed by atoms with Crippen molar-refractivity contribution >= 4 is 23.2 Å². The molecular weight excluding hydrogens is 338 g/mol. The van der Waals surface area contributed by atoms with Gasteiger partial charge in [-0.25, -0.2) is 0 Å². The van der Waals surface area contributed by atoms with Crippen LogP contribution >= 0.6 is 0 Å². The monoisotopic (exact) mass is 359 g/mol. The quantitative estimate of drug-likeness (QED) is 0.758. The third-order valence-electron chi connectivity index (χ3n) is 4.33. The summed E-state index contributed by atoms with van der Waals surface area (Å²) < 4.78 is 0. The third kappa shape index (κ3) is 4.20. The maximum Gasteiger partial charge on any atom is 0.274 e. The lowest BCUT2D eigenvalue weighted by Crippen LogP contribution is -2.26. The summed E-state index contributed by atoms with van der Waals surface area (Å²) in [4.78, 5) is 31.0. The van der Waals surface area contributed by atoms with Gasteiger partial charge in [0.15, 0.2) is 0 Å². The van der Waals surface area contributed by atoms with Crippen molar-refractivity contribution < 1.29 is 9.59 Å². The van der Waals surface area contributed by atoms with Crippen LogP contribution in [0.3, 0.4) is 0 Å². The van der Waals surface area contributed by atoms with Crippen molar-refractivity contribution in [2.45, 2.75) is 13.8 Å². The van der Waals surface area contributed by atoms with Crippen molar-refractivity contribution in [1.82, 2.24) is 4.98 Å². The molecule has 2 amide bonds. The minimum absolute atomic E-state index is 0.197. The maximum absolute atomic E-state index is 12.7. The molecule has 5 nitrogen and oxygen atoms in total. The van der Waals surface area contributed by atoms with Crippen molar-refractivity contribution in [1.29, 1.82) is 0 Å². The van der Waals surface area contributed by atoms with Gasteiger partial charge in [0.25, 0.3) is 11.8 Å². The number of aryl methyl sites for hydroxylation is 2. The van der Waals surface area contributed by atoms with E-state index in [0.717, 1.165) is 22.5 Å². The number of hydrogen-bond acceptors (Lipinski definition) is 3. The molecular formula is C22H21N3O2. The molecule has 2 aromatic carbocycles. The molecule has 0 unspecified atom stereocenters. The standard InChI is InChI=1S/C22H21N3O2/c1-15-9-10-16(2)19(13-15)24-21(26)20-14-17(11-12-23-20)22(27)25(3)18-7-5-4-6-8-18/h4-14H,1-3H3,(H,24,26). The highest BCUT2D eigenvalue weighted by molar-refractivity contribution is 6.08. The number of pyridine rings is 1. The Bertz CT molecular complexity index is 984. The van der Waals surface area contributed by atoms with Crippen LogP contribution in [0.1, 0.15) is 32.0 Å². The number of nitrogens with zero attached hydrogens (tertiary/aromatic N) is 2. The number of para-hydroxylation sites is 1. The van der Waals surface area contributed by atoms with Gasteiger partial charge in [0.1, 0.15) is 5.69 Å². The molecule has 1 aromatic heterocycles. The van der Waals surface area contributed by atoms with Gasteiger partial charge in [-0.15, -0.1) is 0 Å². The molecule has 0 saturated carbocycles. The Morgan fingerprint density at radius 2 is 1.70 bits per heavy atom. The van der Waals surface area contributed by atoms with Gasteiger partial charge in [-0.2, -0.15) is 0 Å². The molecule has 0 atom stereocenters. The Kier molecular flexibility index (Phi) is 5.31. The first-order valence-electron chi connectivity index (χ1n) is 8.63. The summed E-state index contributed by atoms with van der Waals surface area (Å²) in [6.45, 7) is 3.89. The van der Waals surface area contributed by atoms with Crippen LogP contribution in [0.15, 0.2) is 66.9 Å². The van der Waals surface area contributed by atoms with E-state index in [-0.39, 0.29) is 17.5 Å². The van der Waals surface area contributed by atoms with Gasteiger partial charge >= 0.3 is 0 Å². The first-order chi connectivity index (χ1) is 13.0. The normalized spacial score (nSPS) is 10.3. The fraction of sp³-hybridized carbons (Fsp3) is 0.136. The Balaban J connectivity index is 1.81. The van der Waals surface area contributed by atoms with Crippen molar-refractivity contribution in [3.8, 4) is 0 Å². The van der Waals surface area contributed by atoms with E-state index in [1.165, 1.54) is 12.3 Å². The van der Waals surface area contributed by atoms with Gasteiger partial charge in [0.05, 0.1) is 0 Å². The van der Waals surface area contributed by atoms with E-state index >= 15 is 0 Å². The first kappa shape index (κ1) is 18.3. The Labute approximate surface area is 158 Å². The smallest absolute Gasteiger partial charge is 0.274 e. The fourth-order valence-electron chi connectivity index (χ4n) is 2.71. The second-order valence-corrected chi connectivity index (χ2v) is 6.40. The first-order valence-corrected chi connectivity index (χ1v) is 8.63. The molecule has 3 rings (SSSR count). The van der Waals surface area contributed by atoms with E-state index in [2.05, 4.69) is 10.3 Å². The highest BCUT2D eigenvalue weighted by Crippen LogP contribution is 2.18. The van der Waals surface area contributed by atoms with Crippen LogP contribution in [0.2, 0.25) is 0 Å². The van der Waals surface area contributed by atoms with Crippen molar-refractivity contribution in [3.05, 3.63) is 89.2 Å². The summed E-state index contributed by atoms with van der Waals surface area (Å²) in [5.74, 6) is -0.551. The summed E-state index contributed by atoms with van der Waals surface area (Å²) in [5, 5.41) is 2.87. The van der Waals surface area contributed by atoms with Crippen LogP contribution in [-0.4, -0.2) is 23.8 Å². The number of anilines is 2. The van der Waals surface area contributed by atoms with Crippen LogP contribution in [0.25, 0.3) is 0 Å². The molecule has 0 aliphatic heterocycles. The zero-order chi connectivity index (χ0) is 19.4. The van der Waals surface area contributed by atoms with Gasteiger partial charge in [-0.1, -0.05) is 30.3 Å². The molecule has 0 fully saturated rings. The number of carbonyl (C=O) groups excluding carboxylic acids is 2. The topological polar surface area (TPSA) is 62.3 Å². The molecule has 0 spiro atoms. The van der Waals surface area contributed by atoms with Crippen molar-refractivity contribution in [2.75, 3.05) is 17.3 Å². The number of carbonyl (C=O) groups is 2. The molecule has 27 heavy (non-hydrogen) atoms. The average Bonchev–Trinajstić information content (AvgIpc) is 2.70. The van der Waals surface area contributed by atoms with E-state index in [1.54, 1.807) is 18.0 Å². The maximum atomic E-state index is 12.7. The van der Waals surface area contributed by atoms with E-state index in [1.807, 2.05) is 62.4 Å². The predicted molar refractivity (Wildman–Crippen MR) is 107 cm³/mol. The van der Waals surface area contributed by atoms with Crippen LogP contribution in [0.4, 0.5) is 11.4 Å². The second-order valence-electron chi connectivity index (χ2n) is 6.40. The van der Waals surface area contributed by atoms with Gasteiger partial charge in [-0.05, 0) is 55.3 Å². The Hall–Kier alpha value is -3.47. The zero-order valence-electron chi connectivity index (χ0n) is 15.6. The summed E-state index contributed by atoms with van der Waals surface area (Å²) in [7, 11) is 1.70. The van der Waals surface area contributed by atoms with Gasteiger partial charge in [-0.3, -0.25) is 14.6 Å². The van der Waals surface area contributed by atoms with Crippen LogP contribution in [0.5, 0.6) is 0 Å². The lowest BCUT2D eigenvalue weighted by Gasteiger charge is -2.17. The number of amides is 2. The Morgan fingerprint density at radius 3 is 2.44 bits per heavy atom. The minimum Gasteiger partial charge on any atom is -0.320 e. The van der Waals surface area contributed by atoms with Gasteiger partial charge < -0.3 is 10.2 Å². The average molecular weight is 359 g/mol. The summed E-state index contributed by atoms with van der Waals surface area (Å²) in [6.07, 6.45) is 1.48. The van der Waals surface area contributed by atoms with E-state index < -0.39 is 0 Å². The van der Waals surface area contributed by atoms with Gasteiger partial charge in [0.2, 0.25) is 0 Å². The van der Waals surface area contributed by atoms with E-state index in [4.69, 9.17) is 0 Å². The van der Waals surface area contributed by atoms with Gasteiger partial charge in [0, 0.05) is 30.2 Å². The SMILES string of the molecule is Cc1ccc(C)c(NC(=O)c2cc(C(=O)N(C)c3ccccc3)ccn2)c1.